The Balaban J connectivity index is 1.72. The largest absolute Gasteiger partial charge is 0.496 e. The van der Waals surface area contributed by atoms with Crippen LogP contribution < -0.4 is 15.4 Å². The van der Waals surface area contributed by atoms with Crippen LogP contribution in [0.3, 0.4) is 0 Å². The summed E-state index contributed by atoms with van der Waals surface area (Å²) in [6.45, 7) is 4.76. The van der Waals surface area contributed by atoms with E-state index in [1.54, 1.807) is 7.11 Å². The molecule has 1 aromatic rings. The van der Waals surface area contributed by atoms with E-state index in [0.29, 0.717) is 25.8 Å². The first-order chi connectivity index (χ1) is 11.3. The maximum atomic E-state index is 5.72. The van der Waals surface area contributed by atoms with E-state index in [1.165, 1.54) is 25.7 Å². The van der Waals surface area contributed by atoms with E-state index in [9.17, 15) is 0 Å². The molecule has 128 valence electrons. The van der Waals surface area contributed by atoms with Gasteiger partial charge < -0.3 is 20.1 Å². The molecule has 0 aromatic heterocycles. The van der Waals surface area contributed by atoms with Crippen LogP contribution in [0, 0.1) is 0 Å². The zero-order chi connectivity index (χ0) is 16.3. The molecule has 1 aliphatic rings. The molecule has 0 heterocycles. The van der Waals surface area contributed by atoms with Gasteiger partial charge in [-0.3, -0.25) is 4.99 Å². The molecule has 23 heavy (non-hydrogen) atoms. The first-order valence-electron chi connectivity index (χ1n) is 8.58. The van der Waals surface area contributed by atoms with Crippen LogP contribution >= 0.6 is 0 Å². The minimum absolute atomic E-state index is 0.548. The number of para-hydroxylation sites is 1. The maximum Gasteiger partial charge on any atom is 0.191 e. The first kappa shape index (κ1) is 17.6. The van der Waals surface area contributed by atoms with Crippen molar-refractivity contribution < 1.29 is 9.47 Å². The summed E-state index contributed by atoms with van der Waals surface area (Å²) in [5.74, 6) is 1.77. The summed E-state index contributed by atoms with van der Waals surface area (Å²) in [5, 5.41) is 6.81. The highest BCUT2D eigenvalue weighted by Crippen LogP contribution is 2.18. The van der Waals surface area contributed by atoms with Gasteiger partial charge in [0.1, 0.15) is 5.75 Å². The molecule has 0 spiro atoms. The van der Waals surface area contributed by atoms with Gasteiger partial charge in [0.2, 0.25) is 0 Å². The average Bonchev–Trinajstić information content (AvgIpc) is 3.08. The van der Waals surface area contributed by atoms with Crippen molar-refractivity contribution >= 4 is 5.96 Å². The second-order valence-electron chi connectivity index (χ2n) is 5.75. The highest BCUT2D eigenvalue weighted by atomic mass is 16.5. The Hall–Kier alpha value is -1.75. The topological polar surface area (TPSA) is 54.9 Å². The maximum absolute atomic E-state index is 5.72. The summed E-state index contributed by atoms with van der Waals surface area (Å²) < 4.78 is 11.0. The number of methoxy groups -OCH3 is 1. The molecule has 1 aliphatic carbocycles. The van der Waals surface area contributed by atoms with Gasteiger partial charge in [-0.1, -0.05) is 31.0 Å². The number of ether oxygens (including phenoxy) is 2. The molecule has 0 radical (unpaired) electrons. The first-order valence-corrected chi connectivity index (χ1v) is 8.58. The molecule has 1 saturated carbocycles. The van der Waals surface area contributed by atoms with Crippen LogP contribution in [0.5, 0.6) is 5.75 Å². The van der Waals surface area contributed by atoms with Crippen LogP contribution in [0.25, 0.3) is 0 Å². The zero-order valence-corrected chi connectivity index (χ0v) is 14.3. The van der Waals surface area contributed by atoms with E-state index in [1.807, 2.05) is 24.3 Å². The smallest absolute Gasteiger partial charge is 0.191 e. The van der Waals surface area contributed by atoms with Crippen molar-refractivity contribution in [3.05, 3.63) is 29.8 Å². The van der Waals surface area contributed by atoms with Crippen molar-refractivity contribution in [2.45, 2.75) is 45.3 Å². The summed E-state index contributed by atoms with van der Waals surface area (Å²) in [6.07, 6.45) is 5.13. The van der Waals surface area contributed by atoms with Gasteiger partial charge >= 0.3 is 0 Å². The lowest BCUT2D eigenvalue weighted by Gasteiger charge is -2.16. The van der Waals surface area contributed by atoms with Crippen LogP contribution in [0.1, 0.15) is 38.2 Å². The molecule has 0 aliphatic heterocycles. The Kier molecular flexibility index (Phi) is 7.73. The Morgan fingerprint density at radius 3 is 2.78 bits per heavy atom. The van der Waals surface area contributed by atoms with Gasteiger partial charge in [-0.25, -0.2) is 0 Å². The Bertz CT molecular complexity index is 485. The van der Waals surface area contributed by atoms with Gasteiger partial charge in [0.05, 0.1) is 26.9 Å². The highest BCUT2D eigenvalue weighted by molar-refractivity contribution is 5.80. The number of nitrogens with zero attached hydrogens (tertiary/aromatic N) is 1. The van der Waals surface area contributed by atoms with Crippen LogP contribution in [0.15, 0.2) is 29.3 Å². The molecule has 2 N–H and O–H groups in total. The molecule has 0 amide bonds. The third-order valence-electron chi connectivity index (χ3n) is 4.00. The Labute approximate surface area is 139 Å². The fraction of sp³-hybridized carbons (Fsp3) is 0.611. The molecule has 0 bridgehead atoms. The summed E-state index contributed by atoms with van der Waals surface area (Å²) in [6, 6.07) is 8.50. The van der Waals surface area contributed by atoms with Gasteiger partial charge in [-0.15, -0.1) is 0 Å². The van der Waals surface area contributed by atoms with Gasteiger partial charge in [0.25, 0.3) is 0 Å². The number of hydrogen-bond acceptors (Lipinski definition) is 3. The highest BCUT2D eigenvalue weighted by Gasteiger charge is 2.15. The third-order valence-corrected chi connectivity index (χ3v) is 4.00. The van der Waals surface area contributed by atoms with Crippen LogP contribution in [0.4, 0.5) is 0 Å². The molecule has 5 nitrogen and oxygen atoms in total. The monoisotopic (exact) mass is 319 g/mol. The van der Waals surface area contributed by atoms with Crippen LogP contribution in [-0.4, -0.2) is 38.8 Å². The van der Waals surface area contributed by atoms with Crippen molar-refractivity contribution in [2.75, 3.05) is 26.8 Å². The summed E-state index contributed by atoms with van der Waals surface area (Å²) in [4.78, 5) is 4.59. The van der Waals surface area contributed by atoms with Crippen molar-refractivity contribution in [1.29, 1.82) is 0 Å². The second kappa shape index (κ2) is 10.1. The SMILES string of the molecule is CCNC(=NCCOCc1ccccc1OC)NC1CCCC1. The summed E-state index contributed by atoms with van der Waals surface area (Å²) in [5.41, 5.74) is 1.06. The molecular weight excluding hydrogens is 290 g/mol. The molecule has 2 rings (SSSR count). The van der Waals surface area contributed by atoms with Crippen molar-refractivity contribution in [3.63, 3.8) is 0 Å². The van der Waals surface area contributed by atoms with Crippen molar-refractivity contribution in [1.82, 2.24) is 10.6 Å². The summed E-state index contributed by atoms with van der Waals surface area (Å²) >= 11 is 0. The Morgan fingerprint density at radius 1 is 1.26 bits per heavy atom. The minimum atomic E-state index is 0.548. The minimum Gasteiger partial charge on any atom is -0.496 e. The number of nitrogens with one attached hydrogen (secondary N) is 2. The van der Waals surface area contributed by atoms with Crippen molar-refractivity contribution in [3.8, 4) is 5.75 Å². The van der Waals surface area contributed by atoms with E-state index < -0.39 is 0 Å². The van der Waals surface area contributed by atoms with E-state index in [0.717, 1.165) is 23.8 Å². The molecule has 1 fully saturated rings. The number of aliphatic imine (C=N–C) groups is 1. The van der Waals surface area contributed by atoms with Crippen LogP contribution in [-0.2, 0) is 11.3 Å². The number of hydrogen-bond donors (Lipinski definition) is 2. The average molecular weight is 319 g/mol. The molecule has 1 aromatic carbocycles. The van der Waals surface area contributed by atoms with Gasteiger partial charge in [-0.05, 0) is 25.8 Å². The quantitative estimate of drug-likeness (QED) is 0.439. The zero-order valence-electron chi connectivity index (χ0n) is 14.3. The van der Waals surface area contributed by atoms with E-state index in [4.69, 9.17) is 9.47 Å². The molecule has 5 heteroatoms. The summed E-state index contributed by atoms with van der Waals surface area (Å²) in [7, 11) is 1.68. The van der Waals surface area contributed by atoms with E-state index in [-0.39, 0.29) is 0 Å². The van der Waals surface area contributed by atoms with Crippen LogP contribution in [0.2, 0.25) is 0 Å². The Morgan fingerprint density at radius 2 is 2.04 bits per heavy atom. The fourth-order valence-corrected chi connectivity index (χ4v) is 2.81. The van der Waals surface area contributed by atoms with Gasteiger partial charge in [0, 0.05) is 18.2 Å². The van der Waals surface area contributed by atoms with Gasteiger partial charge in [0.15, 0.2) is 5.96 Å². The lowest BCUT2D eigenvalue weighted by atomic mass is 10.2. The second-order valence-corrected chi connectivity index (χ2v) is 5.75. The predicted molar refractivity (Wildman–Crippen MR) is 94.0 cm³/mol. The number of benzene rings is 1. The lowest BCUT2D eigenvalue weighted by molar-refractivity contribution is 0.126. The van der Waals surface area contributed by atoms with E-state index in [2.05, 4.69) is 22.5 Å². The third kappa shape index (κ3) is 6.10. The van der Waals surface area contributed by atoms with Gasteiger partial charge in [-0.2, -0.15) is 0 Å². The van der Waals surface area contributed by atoms with Crippen molar-refractivity contribution in [2.24, 2.45) is 4.99 Å². The van der Waals surface area contributed by atoms with E-state index >= 15 is 0 Å². The standard InChI is InChI=1S/C18H29N3O2/c1-3-19-18(21-16-9-5-6-10-16)20-12-13-23-14-15-8-4-7-11-17(15)22-2/h4,7-8,11,16H,3,5-6,9-10,12-14H2,1-2H3,(H2,19,20,21). The molecule has 0 unspecified atom stereocenters. The number of guanidine groups is 1. The molecular formula is C18H29N3O2. The molecule has 0 saturated heterocycles. The normalized spacial score (nSPS) is 15.7. The predicted octanol–water partition coefficient (Wildman–Crippen LogP) is 2.71. The lowest BCUT2D eigenvalue weighted by Crippen LogP contribution is -2.42. The molecule has 0 atom stereocenters. The number of rotatable bonds is 8. The fourth-order valence-electron chi connectivity index (χ4n) is 2.81.